The maximum absolute atomic E-state index is 14.9. The first-order valence-corrected chi connectivity index (χ1v) is 15.0. The molecule has 0 aliphatic rings. The van der Waals surface area contributed by atoms with Crippen molar-refractivity contribution < 1.29 is 26.4 Å². The fourth-order valence-electron chi connectivity index (χ4n) is 6.31. The lowest BCUT2D eigenvalue weighted by atomic mass is 10.0. The first kappa shape index (κ1) is 28.5. The van der Waals surface area contributed by atoms with Crippen LogP contribution in [0.15, 0.2) is 118 Å². The molecule has 0 spiro atoms. The second-order valence-corrected chi connectivity index (χ2v) is 11.4. The van der Waals surface area contributed by atoms with Gasteiger partial charge in [0.15, 0.2) is 34.4 Å². The summed E-state index contributed by atoms with van der Waals surface area (Å²) in [6.45, 7) is 6.90. The van der Waals surface area contributed by atoms with Crippen LogP contribution in [0.5, 0.6) is 0 Å². The summed E-state index contributed by atoms with van der Waals surface area (Å²) in [7, 11) is 0. The van der Waals surface area contributed by atoms with Gasteiger partial charge >= 0.3 is 0 Å². The smallest absolute Gasteiger partial charge is 0.262 e. The van der Waals surface area contributed by atoms with E-state index < -0.39 is 34.5 Å². The van der Waals surface area contributed by atoms with Crippen LogP contribution in [-0.2, 0) is 0 Å². The lowest BCUT2D eigenvalue weighted by Gasteiger charge is -2.12. The molecule has 0 amide bonds. The minimum atomic E-state index is -1.74. The number of rotatable bonds is 4. The largest absolute Gasteiger partial charge is 0.436 e. The topological polar surface area (TPSA) is 61.4 Å². The van der Waals surface area contributed by atoms with E-state index in [-0.39, 0.29) is 5.56 Å². The Morgan fingerprint density at radius 1 is 0.551 bits per heavy atom. The lowest BCUT2D eigenvalue weighted by molar-refractivity contribution is 0.465. The van der Waals surface area contributed by atoms with E-state index in [9.17, 15) is 17.6 Å². The molecule has 0 radical (unpaired) electrons. The molecule has 9 aromatic rings. The number of oxazole rings is 2. The maximum Gasteiger partial charge on any atom is 0.262 e. The molecule has 0 bridgehead atoms. The van der Waals surface area contributed by atoms with Gasteiger partial charge in [-0.05, 0) is 78.4 Å². The molecule has 0 saturated heterocycles. The molecule has 49 heavy (non-hydrogen) atoms. The van der Waals surface area contributed by atoms with Gasteiger partial charge < -0.3 is 13.4 Å². The van der Waals surface area contributed by atoms with Crippen LogP contribution in [0.4, 0.5) is 23.2 Å². The molecular formula is C39H18F4N4O2. The molecule has 0 fully saturated rings. The zero-order valence-electron chi connectivity index (χ0n) is 25.0. The average Bonchev–Trinajstić information content (AvgIpc) is 3.85. The van der Waals surface area contributed by atoms with Crippen LogP contribution in [0.2, 0.25) is 0 Å². The summed E-state index contributed by atoms with van der Waals surface area (Å²) >= 11 is 0. The number of fused-ring (bicyclic) bond motifs is 5. The number of hydrogen-bond acceptors (Lipinski definition) is 4. The minimum absolute atomic E-state index is 0.0923. The van der Waals surface area contributed by atoms with Crippen molar-refractivity contribution in [2.24, 2.45) is 0 Å². The van der Waals surface area contributed by atoms with E-state index in [1.54, 1.807) is 12.1 Å². The Kier molecular flexibility index (Phi) is 6.19. The normalized spacial score (nSPS) is 11.7. The van der Waals surface area contributed by atoms with E-state index in [1.807, 2.05) is 89.5 Å². The van der Waals surface area contributed by atoms with E-state index in [0.29, 0.717) is 28.6 Å². The van der Waals surface area contributed by atoms with Gasteiger partial charge in [-0.2, -0.15) is 0 Å². The number of aromatic nitrogens is 3. The van der Waals surface area contributed by atoms with Gasteiger partial charge in [0.05, 0.1) is 23.2 Å². The molecule has 6 nitrogen and oxygen atoms in total. The highest BCUT2D eigenvalue weighted by atomic mass is 19.2. The highest BCUT2D eigenvalue weighted by molar-refractivity contribution is 6.11. The number of halogens is 4. The summed E-state index contributed by atoms with van der Waals surface area (Å²) in [6.07, 6.45) is 0. The highest BCUT2D eigenvalue weighted by Crippen LogP contribution is 2.40. The van der Waals surface area contributed by atoms with Crippen molar-refractivity contribution in [2.45, 2.75) is 0 Å². The molecule has 0 atom stereocenters. The molecule has 3 aromatic heterocycles. The third-order valence-corrected chi connectivity index (χ3v) is 8.61. The maximum atomic E-state index is 14.9. The third-order valence-electron chi connectivity index (χ3n) is 8.61. The summed E-state index contributed by atoms with van der Waals surface area (Å²) in [4.78, 5) is 11.9. The van der Waals surface area contributed by atoms with E-state index in [2.05, 4.69) is 14.8 Å². The van der Waals surface area contributed by atoms with Gasteiger partial charge in [-0.3, -0.25) is 0 Å². The van der Waals surface area contributed by atoms with Gasteiger partial charge in [0, 0.05) is 27.6 Å². The van der Waals surface area contributed by atoms with Crippen molar-refractivity contribution in [3.63, 3.8) is 0 Å². The number of hydrogen-bond donors (Lipinski definition) is 0. The molecule has 0 unspecified atom stereocenters. The zero-order valence-corrected chi connectivity index (χ0v) is 25.0. The average molecular weight is 651 g/mol. The number of para-hydroxylation sites is 4. The molecule has 0 N–H and O–H groups in total. The van der Waals surface area contributed by atoms with Crippen molar-refractivity contribution in [2.75, 3.05) is 0 Å². The van der Waals surface area contributed by atoms with E-state index >= 15 is 0 Å². The van der Waals surface area contributed by atoms with E-state index in [0.717, 1.165) is 44.0 Å². The van der Waals surface area contributed by atoms with Gasteiger partial charge in [-0.25, -0.2) is 32.4 Å². The summed E-state index contributed by atoms with van der Waals surface area (Å²) in [5, 5.41) is 1.71. The predicted molar refractivity (Wildman–Crippen MR) is 178 cm³/mol. The molecule has 0 aliphatic heterocycles. The van der Waals surface area contributed by atoms with Crippen molar-refractivity contribution in [3.8, 4) is 39.7 Å². The Morgan fingerprint density at radius 3 is 1.49 bits per heavy atom. The third kappa shape index (κ3) is 4.33. The first-order valence-electron chi connectivity index (χ1n) is 15.0. The molecule has 9 rings (SSSR count). The molecule has 6 aromatic carbocycles. The quantitative estimate of drug-likeness (QED) is 0.108. The van der Waals surface area contributed by atoms with Crippen molar-refractivity contribution in [1.29, 1.82) is 0 Å². The Hall–Kier alpha value is -6.73. The standard InChI is InChI=1S/C39H18F4N4O2/c1-44-37-35(42)33(40)32(34(41)36(37)43)20-10-14-23(15-11-20)47-28-16-12-21(38-45-26-6-2-4-8-30(26)48-38)18-24(28)25-19-22(13-17-29(25)47)39-46-27-7-3-5-9-31(27)49-39/h2-19H. The SMILES string of the molecule is [C-]#[N+]c1c(F)c(F)c(-c2ccc(-n3c4ccc(-c5nc6ccccc6o5)cc4c4cc(-c5nc6ccccc6o5)ccc43)cc2)c(F)c1F. The minimum Gasteiger partial charge on any atom is -0.436 e. The second-order valence-electron chi connectivity index (χ2n) is 11.4. The Bertz CT molecular complexity index is 2620. The highest BCUT2D eigenvalue weighted by Gasteiger charge is 2.27. The molecule has 0 saturated carbocycles. The molecular weight excluding hydrogens is 632 g/mol. The Balaban J connectivity index is 1.23. The van der Waals surface area contributed by atoms with Crippen LogP contribution in [0.1, 0.15) is 0 Å². The van der Waals surface area contributed by atoms with Gasteiger partial charge in [0.2, 0.25) is 11.8 Å². The van der Waals surface area contributed by atoms with E-state index in [4.69, 9.17) is 15.4 Å². The van der Waals surface area contributed by atoms with Crippen LogP contribution >= 0.6 is 0 Å². The molecule has 234 valence electrons. The van der Waals surface area contributed by atoms with Crippen molar-refractivity contribution in [3.05, 3.63) is 144 Å². The summed E-state index contributed by atoms with van der Waals surface area (Å²) in [5.41, 5.74) is 4.21. The van der Waals surface area contributed by atoms with Crippen LogP contribution in [0.25, 0.3) is 88.6 Å². The number of benzene rings is 6. The van der Waals surface area contributed by atoms with Gasteiger partial charge in [-0.1, -0.05) is 36.4 Å². The Morgan fingerprint density at radius 2 is 1.02 bits per heavy atom. The van der Waals surface area contributed by atoms with Crippen molar-refractivity contribution in [1.82, 2.24) is 14.5 Å². The molecule has 3 heterocycles. The monoisotopic (exact) mass is 650 g/mol. The van der Waals surface area contributed by atoms with E-state index in [1.165, 1.54) is 12.1 Å². The van der Waals surface area contributed by atoms with Crippen LogP contribution < -0.4 is 0 Å². The summed E-state index contributed by atoms with van der Waals surface area (Å²) in [5.74, 6) is -5.83. The summed E-state index contributed by atoms with van der Waals surface area (Å²) in [6, 6.07) is 32.6. The van der Waals surface area contributed by atoms with Gasteiger partial charge in [0.25, 0.3) is 5.69 Å². The Labute approximate surface area is 273 Å². The van der Waals surface area contributed by atoms with Crippen LogP contribution in [0, 0.1) is 29.8 Å². The fraction of sp³-hybridized carbons (Fsp3) is 0. The zero-order chi connectivity index (χ0) is 33.4. The van der Waals surface area contributed by atoms with Crippen LogP contribution in [-0.4, -0.2) is 14.5 Å². The fourth-order valence-corrected chi connectivity index (χ4v) is 6.31. The molecule has 10 heteroatoms. The van der Waals surface area contributed by atoms with Gasteiger partial charge in [0.1, 0.15) is 11.0 Å². The summed E-state index contributed by atoms with van der Waals surface area (Å²) < 4.78 is 72.8. The number of nitrogens with zero attached hydrogens (tertiary/aromatic N) is 4. The lowest BCUT2D eigenvalue weighted by Crippen LogP contribution is -2.00. The van der Waals surface area contributed by atoms with Gasteiger partial charge in [-0.15, -0.1) is 0 Å². The first-order chi connectivity index (χ1) is 23.9. The van der Waals surface area contributed by atoms with Crippen LogP contribution in [0.3, 0.4) is 0 Å². The van der Waals surface area contributed by atoms with Crippen molar-refractivity contribution >= 4 is 49.7 Å². The second kappa shape index (κ2) is 10.7. The predicted octanol–water partition coefficient (Wildman–Crippen LogP) is 11.2. The molecule has 0 aliphatic carbocycles.